The summed E-state index contributed by atoms with van der Waals surface area (Å²) < 4.78 is 0.729. The van der Waals surface area contributed by atoms with Gasteiger partial charge in [0.05, 0.1) is 6.10 Å². The summed E-state index contributed by atoms with van der Waals surface area (Å²) in [6.45, 7) is 0. The lowest BCUT2D eigenvalue weighted by atomic mass is 10.0. The number of phenolic OH excluding ortho intramolecular Hbond substituents is 1. The van der Waals surface area contributed by atoms with Crippen LogP contribution in [0.5, 0.6) is 5.75 Å². The average molecular weight is 296 g/mol. The van der Waals surface area contributed by atoms with Gasteiger partial charge in [-0.15, -0.1) is 11.6 Å². The molecule has 1 aromatic carbocycles. The van der Waals surface area contributed by atoms with Gasteiger partial charge in [-0.2, -0.15) is 0 Å². The van der Waals surface area contributed by atoms with Gasteiger partial charge in [0.25, 0.3) is 0 Å². The molecule has 84 valence electrons. The van der Waals surface area contributed by atoms with Gasteiger partial charge in [0, 0.05) is 15.9 Å². The Balaban J connectivity index is 2.89. The number of hydrogen-bond donors (Lipinski definition) is 3. The van der Waals surface area contributed by atoms with Crippen molar-refractivity contribution < 1.29 is 15.3 Å². The van der Waals surface area contributed by atoms with Crippen LogP contribution in [0.1, 0.15) is 18.1 Å². The van der Waals surface area contributed by atoms with Gasteiger partial charge in [-0.25, -0.2) is 0 Å². The summed E-state index contributed by atoms with van der Waals surface area (Å²) in [5.74, 6) is 0.215. The summed E-state index contributed by atoms with van der Waals surface area (Å²) in [4.78, 5) is 0. The van der Waals surface area contributed by atoms with Gasteiger partial charge in [0.1, 0.15) is 11.9 Å². The predicted molar refractivity (Wildman–Crippen MR) is 62.1 cm³/mol. The number of benzene rings is 1. The normalized spacial score (nSPS) is 14.9. The fourth-order valence-corrected chi connectivity index (χ4v) is 1.84. The molecule has 0 fully saturated rings. The Morgan fingerprint density at radius 2 is 2.00 bits per heavy atom. The molecule has 0 radical (unpaired) electrons. The fraction of sp³-hybridized carbons (Fsp3) is 0.400. The van der Waals surface area contributed by atoms with Gasteiger partial charge in [0.15, 0.2) is 0 Å². The van der Waals surface area contributed by atoms with E-state index >= 15 is 0 Å². The van der Waals surface area contributed by atoms with Crippen molar-refractivity contribution in [1.29, 1.82) is 0 Å². The lowest BCUT2D eigenvalue weighted by Crippen LogP contribution is -2.18. The van der Waals surface area contributed by atoms with Crippen molar-refractivity contribution in [3.63, 3.8) is 0 Å². The van der Waals surface area contributed by atoms with E-state index in [-0.39, 0.29) is 18.1 Å². The molecule has 5 heteroatoms. The Bertz CT molecular complexity index is 332. The lowest BCUT2D eigenvalue weighted by Gasteiger charge is -2.18. The average Bonchev–Trinajstić information content (AvgIpc) is 2.21. The first kappa shape index (κ1) is 12.8. The van der Waals surface area contributed by atoms with Crippen LogP contribution in [0.2, 0.25) is 0 Å². The van der Waals surface area contributed by atoms with Crippen LogP contribution in [0.25, 0.3) is 0 Å². The van der Waals surface area contributed by atoms with Crippen LogP contribution >= 0.6 is 27.5 Å². The molecule has 0 aliphatic carbocycles. The van der Waals surface area contributed by atoms with E-state index in [2.05, 4.69) is 15.9 Å². The van der Waals surface area contributed by atoms with Crippen LogP contribution < -0.4 is 0 Å². The van der Waals surface area contributed by atoms with E-state index in [1.54, 1.807) is 12.1 Å². The molecule has 0 spiro atoms. The Morgan fingerprint density at radius 3 is 2.60 bits per heavy atom. The largest absolute Gasteiger partial charge is 0.508 e. The second kappa shape index (κ2) is 5.70. The number of halogens is 2. The maximum atomic E-state index is 9.74. The molecule has 3 N–H and O–H groups in total. The zero-order valence-electron chi connectivity index (χ0n) is 7.90. The number of aromatic hydroxyl groups is 1. The molecule has 2 atom stereocenters. The number of phenols is 1. The van der Waals surface area contributed by atoms with E-state index in [9.17, 15) is 15.3 Å². The van der Waals surface area contributed by atoms with Crippen molar-refractivity contribution in [3.05, 3.63) is 28.2 Å². The van der Waals surface area contributed by atoms with E-state index in [0.29, 0.717) is 5.56 Å². The van der Waals surface area contributed by atoms with Crippen LogP contribution in [0.15, 0.2) is 22.7 Å². The molecule has 0 aliphatic rings. The topological polar surface area (TPSA) is 60.7 Å². The van der Waals surface area contributed by atoms with E-state index in [1.165, 1.54) is 6.07 Å². The Hall–Kier alpha value is -0.290. The molecular weight excluding hydrogens is 283 g/mol. The Kier molecular flexibility index (Phi) is 4.86. The van der Waals surface area contributed by atoms with Crippen molar-refractivity contribution in [2.75, 3.05) is 5.88 Å². The van der Waals surface area contributed by atoms with E-state index in [4.69, 9.17) is 11.6 Å². The molecule has 0 saturated heterocycles. The molecule has 3 nitrogen and oxygen atoms in total. The number of alkyl halides is 1. The van der Waals surface area contributed by atoms with Crippen LogP contribution in [0.4, 0.5) is 0 Å². The summed E-state index contributed by atoms with van der Waals surface area (Å²) in [5, 5.41) is 28.8. The first-order chi connectivity index (χ1) is 7.06. The molecule has 1 rings (SSSR count). The molecular formula is C10H12BrClO3. The van der Waals surface area contributed by atoms with Crippen molar-refractivity contribution in [1.82, 2.24) is 0 Å². The summed E-state index contributed by atoms with van der Waals surface area (Å²) in [6, 6.07) is 4.67. The minimum atomic E-state index is -1.12. The molecule has 0 bridgehead atoms. The van der Waals surface area contributed by atoms with Crippen molar-refractivity contribution in [2.24, 2.45) is 0 Å². The number of aliphatic hydroxyl groups excluding tert-OH is 2. The molecule has 0 aliphatic heterocycles. The first-order valence-corrected chi connectivity index (χ1v) is 5.79. The highest BCUT2D eigenvalue weighted by Crippen LogP contribution is 2.30. The maximum Gasteiger partial charge on any atom is 0.121 e. The third-order valence-corrected chi connectivity index (χ3v) is 2.79. The first-order valence-electron chi connectivity index (χ1n) is 4.46. The van der Waals surface area contributed by atoms with E-state index in [0.717, 1.165) is 4.47 Å². The summed E-state index contributed by atoms with van der Waals surface area (Å²) in [5.41, 5.74) is 0.294. The molecule has 0 saturated carbocycles. The van der Waals surface area contributed by atoms with E-state index in [1.807, 2.05) is 0 Å². The van der Waals surface area contributed by atoms with Crippen LogP contribution in [0.3, 0.4) is 0 Å². The van der Waals surface area contributed by atoms with Crippen LogP contribution in [-0.4, -0.2) is 27.3 Å². The molecule has 15 heavy (non-hydrogen) atoms. The van der Waals surface area contributed by atoms with Gasteiger partial charge in [0.2, 0.25) is 0 Å². The maximum absolute atomic E-state index is 9.74. The minimum Gasteiger partial charge on any atom is -0.508 e. The third kappa shape index (κ3) is 3.34. The predicted octanol–water partition coefficient (Wildman–Crippen LogP) is 2.18. The van der Waals surface area contributed by atoms with Gasteiger partial charge in [-0.05, 0) is 24.6 Å². The van der Waals surface area contributed by atoms with Gasteiger partial charge in [-0.1, -0.05) is 15.9 Å². The van der Waals surface area contributed by atoms with Crippen LogP contribution in [-0.2, 0) is 0 Å². The second-order valence-corrected chi connectivity index (χ2v) is 4.49. The third-order valence-electron chi connectivity index (χ3n) is 2.08. The highest BCUT2D eigenvalue weighted by Gasteiger charge is 2.20. The molecule has 1 aromatic rings. The quantitative estimate of drug-likeness (QED) is 0.746. The monoisotopic (exact) mass is 294 g/mol. The second-order valence-electron chi connectivity index (χ2n) is 3.19. The number of rotatable bonds is 4. The SMILES string of the molecule is Oc1ccc(Br)cc1C(O)C(O)CCCl. The summed E-state index contributed by atoms with van der Waals surface area (Å²) >= 11 is 8.68. The van der Waals surface area contributed by atoms with Gasteiger partial charge in [-0.3, -0.25) is 0 Å². The highest BCUT2D eigenvalue weighted by molar-refractivity contribution is 9.10. The smallest absolute Gasteiger partial charge is 0.121 e. The fourth-order valence-electron chi connectivity index (χ4n) is 1.24. The van der Waals surface area contributed by atoms with Crippen LogP contribution in [0, 0.1) is 0 Å². The molecule has 0 aromatic heterocycles. The number of aliphatic hydroxyl groups is 2. The minimum absolute atomic E-state index is 0.0423. The zero-order chi connectivity index (χ0) is 11.4. The van der Waals surface area contributed by atoms with E-state index < -0.39 is 12.2 Å². The Labute approximate surface area is 101 Å². The van der Waals surface area contributed by atoms with Crippen molar-refractivity contribution in [2.45, 2.75) is 18.6 Å². The highest BCUT2D eigenvalue weighted by atomic mass is 79.9. The summed E-state index contributed by atoms with van der Waals surface area (Å²) in [7, 11) is 0. The molecule has 0 heterocycles. The zero-order valence-corrected chi connectivity index (χ0v) is 10.2. The summed E-state index contributed by atoms with van der Waals surface area (Å²) in [6.07, 6.45) is -1.82. The number of hydrogen-bond acceptors (Lipinski definition) is 3. The molecule has 0 amide bonds. The standard InChI is InChI=1S/C10H12BrClO3/c11-6-1-2-8(13)7(5-6)10(15)9(14)3-4-12/h1-2,5,9-10,13-15H,3-4H2. The Morgan fingerprint density at radius 1 is 1.33 bits per heavy atom. The molecule has 2 unspecified atom stereocenters. The van der Waals surface area contributed by atoms with Crippen molar-refractivity contribution in [3.8, 4) is 5.75 Å². The van der Waals surface area contributed by atoms with Crippen molar-refractivity contribution >= 4 is 27.5 Å². The lowest BCUT2D eigenvalue weighted by molar-refractivity contribution is 0.0156. The van der Waals surface area contributed by atoms with Gasteiger partial charge >= 0.3 is 0 Å². The van der Waals surface area contributed by atoms with Gasteiger partial charge < -0.3 is 15.3 Å².